The van der Waals surface area contributed by atoms with Gasteiger partial charge in [-0.05, 0) is 59.7 Å². The Bertz CT molecular complexity index is 2080. The van der Waals surface area contributed by atoms with Crippen molar-refractivity contribution in [1.29, 1.82) is 0 Å². The fourth-order valence-corrected chi connectivity index (χ4v) is 4.53. The zero-order chi connectivity index (χ0) is 33.9. The molecule has 0 atom stereocenters. The van der Waals surface area contributed by atoms with E-state index in [1.165, 1.54) is 0 Å². The van der Waals surface area contributed by atoms with Crippen LogP contribution < -0.4 is 10.2 Å². The Morgan fingerprint density at radius 1 is 0.415 bits per heavy atom. The molecule has 4 aromatic heterocycles. The fraction of sp³-hybridized carbons (Fsp3) is 0. The molecule has 4 heterocycles. The average molecular weight is 767 g/mol. The second-order valence-electron chi connectivity index (χ2n) is 10.0. The third kappa shape index (κ3) is 12.4. The molecule has 0 bridgehead atoms. The molecule has 0 amide bonds. The number of rotatable bonds is 2. The van der Waals surface area contributed by atoms with Crippen LogP contribution in [0.3, 0.4) is 0 Å². The van der Waals surface area contributed by atoms with Crippen molar-refractivity contribution in [1.82, 2.24) is 19.9 Å². The molecule has 0 aliphatic rings. The van der Waals surface area contributed by atoms with Gasteiger partial charge in [-0.3, -0.25) is 19.9 Å². The SMILES string of the molecule is O.O.O.O=C([O-])c1ccc(F)cc1.O=C([O-])c1ccc(F)cc1.[Mn+2].[OH3+].c1cnc2c(c1)ccc1cccnc12.c1cnc2c(c1)ccc1cccnc12. The van der Waals surface area contributed by atoms with Crippen molar-refractivity contribution in [3.05, 3.63) is 169 Å². The maximum absolute atomic E-state index is 12.1. The number of fused-ring (bicyclic) bond motifs is 6. The van der Waals surface area contributed by atoms with E-state index in [1.807, 2.05) is 24.3 Å². The first-order chi connectivity index (χ1) is 23.3. The summed E-state index contributed by atoms with van der Waals surface area (Å²) in [7, 11) is 0. The number of carbonyl (C=O) groups excluding carboxylic acids is 2. The largest absolute Gasteiger partial charge is 2.00 e. The minimum absolute atomic E-state index is 0. The topological polar surface area (TPSA) is 259 Å². The normalized spacial score (nSPS) is 9.25. The molecular weight excluding hydrogens is 733 g/mol. The molecule has 0 aliphatic carbocycles. The summed E-state index contributed by atoms with van der Waals surface area (Å²) < 4.78 is 24.3. The molecule has 0 spiro atoms. The first-order valence-electron chi connectivity index (χ1n) is 14.4. The van der Waals surface area contributed by atoms with Gasteiger partial charge < -0.3 is 41.7 Å². The molecule has 0 aliphatic heterocycles. The fourth-order valence-electron chi connectivity index (χ4n) is 4.53. The van der Waals surface area contributed by atoms with Gasteiger partial charge in [0.1, 0.15) is 11.6 Å². The molecule has 8 rings (SSSR count). The molecule has 8 aromatic rings. The van der Waals surface area contributed by atoms with Crippen LogP contribution >= 0.6 is 0 Å². The third-order valence-corrected chi connectivity index (χ3v) is 6.85. The van der Waals surface area contributed by atoms with E-state index in [9.17, 15) is 28.6 Å². The summed E-state index contributed by atoms with van der Waals surface area (Å²) in [5, 5.41) is 24.7. The van der Waals surface area contributed by atoms with Crippen LogP contribution in [0.4, 0.5) is 8.78 Å². The zero-order valence-electron chi connectivity index (χ0n) is 27.5. The summed E-state index contributed by atoms with van der Waals surface area (Å²) in [6.45, 7) is 0. The van der Waals surface area contributed by atoms with Crippen LogP contribution in [0.25, 0.3) is 43.6 Å². The predicted octanol–water partition coefficient (Wildman–Crippen LogP) is 2.55. The van der Waals surface area contributed by atoms with Gasteiger partial charge in [0.05, 0.1) is 34.0 Å². The van der Waals surface area contributed by atoms with Gasteiger partial charge in [0.15, 0.2) is 0 Å². The third-order valence-electron chi connectivity index (χ3n) is 6.85. The van der Waals surface area contributed by atoms with Gasteiger partial charge in [0, 0.05) is 46.3 Å². The molecule has 0 fully saturated rings. The Hall–Kier alpha value is -6.32. The zero-order valence-corrected chi connectivity index (χ0v) is 28.7. The number of nitrogens with zero attached hydrogens (tertiary/aromatic N) is 4. The summed E-state index contributed by atoms with van der Waals surface area (Å²) in [5.41, 5.74) is 3.88. The van der Waals surface area contributed by atoms with E-state index in [2.05, 4.69) is 68.5 Å². The van der Waals surface area contributed by atoms with Crippen molar-refractivity contribution in [2.24, 2.45) is 0 Å². The van der Waals surface area contributed by atoms with Crippen molar-refractivity contribution in [2.75, 3.05) is 0 Å². The molecule has 273 valence electrons. The number of halogens is 2. The summed E-state index contributed by atoms with van der Waals surface area (Å²) in [4.78, 5) is 37.5. The quantitative estimate of drug-likeness (QED) is 0.143. The van der Waals surface area contributed by atoms with Gasteiger partial charge in [-0.25, -0.2) is 8.78 Å². The van der Waals surface area contributed by atoms with Crippen molar-refractivity contribution in [3.63, 3.8) is 0 Å². The molecule has 9 N–H and O–H groups in total. The van der Waals surface area contributed by atoms with Crippen LogP contribution in [0.1, 0.15) is 20.7 Å². The van der Waals surface area contributed by atoms with Gasteiger partial charge >= 0.3 is 17.1 Å². The Morgan fingerprint density at radius 3 is 0.849 bits per heavy atom. The maximum Gasteiger partial charge on any atom is 2.00 e. The van der Waals surface area contributed by atoms with E-state index < -0.39 is 23.6 Å². The van der Waals surface area contributed by atoms with Crippen LogP contribution in [0.5, 0.6) is 0 Å². The van der Waals surface area contributed by atoms with Crippen molar-refractivity contribution >= 4 is 55.6 Å². The molecule has 53 heavy (non-hydrogen) atoms. The van der Waals surface area contributed by atoms with Crippen LogP contribution in [-0.4, -0.2) is 48.3 Å². The van der Waals surface area contributed by atoms with Crippen LogP contribution in [0.2, 0.25) is 0 Å². The Labute approximate surface area is 311 Å². The smallest absolute Gasteiger partial charge is 0.545 e. The molecule has 15 heteroatoms. The summed E-state index contributed by atoms with van der Waals surface area (Å²) in [6, 6.07) is 33.2. The van der Waals surface area contributed by atoms with Gasteiger partial charge in [-0.15, -0.1) is 0 Å². The molecule has 0 unspecified atom stereocenters. The molecular formula is C38H33F2MnN4O8+. The Balaban J connectivity index is 0.000000669. The molecule has 0 saturated carbocycles. The number of benzene rings is 4. The Morgan fingerprint density at radius 2 is 0.642 bits per heavy atom. The van der Waals surface area contributed by atoms with E-state index in [0.29, 0.717) is 0 Å². The Kier molecular flexibility index (Phi) is 19.8. The van der Waals surface area contributed by atoms with Gasteiger partial charge in [0.25, 0.3) is 0 Å². The first-order valence-corrected chi connectivity index (χ1v) is 14.4. The average Bonchev–Trinajstić information content (AvgIpc) is 3.13. The standard InChI is InChI=1S/2C12H8N2.2C7H5FO2.Mn.4H2O/c2*1-3-9-5-6-10-4-2-8-14-12(10)11(9)13-7-1;2*8-6-3-1-5(2-4-6)7(9)10;;;;;/h2*1-8H;2*1-4H,(H,9,10);;4*1H2/q;;;;+2;;;;/p-1. The maximum atomic E-state index is 12.1. The van der Waals surface area contributed by atoms with Crippen LogP contribution in [-0.2, 0) is 22.5 Å². The summed E-state index contributed by atoms with van der Waals surface area (Å²) >= 11 is 0. The molecule has 1 radical (unpaired) electrons. The van der Waals surface area contributed by atoms with E-state index in [-0.39, 0.29) is 50.1 Å². The molecule has 0 saturated heterocycles. The number of hydrogen-bond donors (Lipinski definition) is 0. The number of carboxylic acid groups (broad SMARTS) is 2. The number of aromatic nitrogens is 4. The van der Waals surface area contributed by atoms with E-state index in [4.69, 9.17) is 0 Å². The predicted molar refractivity (Wildman–Crippen MR) is 191 cm³/mol. The van der Waals surface area contributed by atoms with Gasteiger partial charge in [0.2, 0.25) is 0 Å². The van der Waals surface area contributed by atoms with Crippen LogP contribution in [0, 0.1) is 11.6 Å². The van der Waals surface area contributed by atoms with E-state index >= 15 is 0 Å². The van der Waals surface area contributed by atoms with Crippen molar-refractivity contribution in [2.45, 2.75) is 0 Å². The van der Waals surface area contributed by atoms with Crippen molar-refractivity contribution in [3.8, 4) is 0 Å². The van der Waals surface area contributed by atoms with Gasteiger partial charge in [-0.2, -0.15) is 0 Å². The second-order valence-corrected chi connectivity index (χ2v) is 10.0. The van der Waals surface area contributed by atoms with Crippen molar-refractivity contribution < 1.29 is 67.6 Å². The molecule has 12 nitrogen and oxygen atoms in total. The number of carboxylic acids is 2. The second kappa shape index (κ2) is 22.5. The summed E-state index contributed by atoms with van der Waals surface area (Å²) in [6.07, 6.45) is 7.21. The first kappa shape index (κ1) is 46.7. The number of aromatic carboxylic acids is 2. The molecule has 4 aromatic carbocycles. The number of pyridine rings is 4. The minimum Gasteiger partial charge on any atom is -0.545 e. The minimum atomic E-state index is -1.29. The van der Waals surface area contributed by atoms with Crippen LogP contribution in [0.15, 0.2) is 146 Å². The van der Waals surface area contributed by atoms with E-state index in [0.717, 1.165) is 92.1 Å². The van der Waals surface area contributed by atoms with Gasteiger partial charge in [-0.1, -0.05) is 72.8 Å². The number of hydrogen-bond acceptors (Lipinski definition) is 8. The monoisotopic (exact) mass is 766 g/mol. The number of carbonyl (C=O) groups is 2. The summed E-state index contributed by atoms with van der Waals surface area (Å²) in [5.74, 6) is -3.49. The van der Waals surface area contributed by atoms with E-state index in [1.54, 1.807) is 24.8 Å².